The molecule has 2 heteroatoms. The Bertz CT molecular complexity index is 757. The van der Waals surface area contributed by atoms with E-state index in [1.165, 1.54) is 0 Å². The molecule has 1 heterocycles. The summed E-state index contributed by atoms with van der Waals surface area (Å²) >= 11 is 5.52. The molecule has 0 saturated carbocycles. The number of para-hydroxylation sites is 1. The Balaban J connectivity index is 2.38. The van der Waals surface area contributed by atoms with E-state index in [1.54, 1.807) is 0 Å². The molecule has 0 spiro atoms. The summed E-state index contributed by atoms with van der Waals surface area (Å²) in [6, 6.07) is 18.0. The first-order chi connectivity index (χ1) is 8.77. The summed E-state index contributed by atoms with van der Waals surface area (Å²) in [5.41, 5.74) is 2.92. The second-order valence-electron chi connectivity index (χ2n) is 4.25. The van der Waals surface area contributed by atoms with Crippen molar-refractivity contribution in [3.63, 3.8) is 0 Å². The van der Waals surface area contributed by atoms with Crippen LogP contribution >= 0.6 is 12.2 Å². The van der Waals surface area contributed by atoms with Gasteiger partial charge < -0.3 is 4.42 Å². The summed E-state index contributed by atoms with van der Waals surface area (Å²) < 4.78 is 6.86. The molecule has 0 saturated heterocycles. The van der Waals surface area contributed by atoms with E-state index in [1.807, 2.05) is 61.5 Å². The number of fused-ring (bicyclic) bond motifs is 1. The summed E-state index contributed by atoms with van der Waals surface area (Å²) in [6.07, 6.45) is 0. The average molecular weight is 252 g/mol. The van der Waals surface area contributed by atoms with E-state index >= 15 is 0 Å². The summed E-state index contributed by atoms with van der Waals surface area (Å²) in [5, 5.41) is 1.00. The van der Waals surface area contributed by atoms with E-state index < -0.39 is 0 Å². The molecule has 2 aromatic carbocycles. The molecular weight excluding hydrogens is 240 g/mol. The van der Waals surface area contributed by atoms with Gasteiger partial charge in [-0.05, 0) is 19.1 Å². The first-order valence-electron chi connectivity index (χ1n) is 5.85. The Kier molecular flexibility index (Phi) is 2.73. The minimum Gasteiger partial charge on any atom is -0.456 e. The van der Waals surface area contributed by atoms with Gasteiger partial charge >= 0.3 is 0 Å². The number of hydrogen-bond donors (Lipinski definition) is 0. The van der Waals surface area contributed by atoms with Crippen molar-refractivity contribution in [2.24, 2.45) is 0 Å². The molecular formula is C16H12OS. The topological polar surface area (TPSA) is 13.1 Å². The summed E-state index contributed by atoms with van der Waals surface area (Å²) in [4.78, 5) is 0. The van der Waals surface area contributed by atoms with Crippen LogP contribution in [-0.2, 0) is 0 Å². The average Bonchev–Trinajstić information content (AvgIpc) is 2.44. The molecule has 0 aliphatic heterocycles. The fourth-order valence-corrected chi connectivity index (χ4v) is 2.36. The molecule has 0 radical (unpaired) electrons. The molecule has 1 aromatic heterocycles. The molecule has 18 heavy (non-hydrogen) atoms. The lowest BCUT2D eigenvalue weighted by molar-refractivity contribution is 0.615. The van der Waals surface area contributed by atoms with Crippen LogP contribution in [0.4, 0.5) is 0 Å². The highest BCUT2D eigenvalue weighted by Crippen LogP contribution is 2.29. The largest absolute Gasteiger partial charge is 0.456 e. The summed E-state index contributed by atoms with van der Waals surface area (Å²) in [6.45, 7) is 2.01. The predicted octanol–water partition coefficient (Wildman–Crippen LogP) is 5.14. The van der Waals surface area contributed by atoms with E-state index in [9.17, 15) is 0 Å². The second-order valence-corrected chi connectivity index (χ2v) is 4.66. The SMILES string of the molecule is Cc1c(-c2ccccc2)oc2ccccc2c1=S. The van der Waals surface area contributed by atoms with E-state index in [4.69, 9.17) is 16.6 Å². The number of rotatable bonds is 1. The van der Waals surface area contributed by atoms with Crippen LogP contribution in [0.2, 0.25) is 0 Å². The predicted molar refractivity (Wildman–Crippen MR) is 77.2 cm³/mol. The normalized spacial score (nSPS) is 10.7. The molecule has 0 fully saturated rings. The number of benzene rings is 2. The van der Waals surface area contributed by atoms with Crippen LogP contribution < -0.4 is 0 Å². The van der Waals surface area contributed by atoms with Crippen LogP contribution in [0, 0.1) is 11.4 Å². The third-order valence-corrected chi connectivity index (χ3v) is 3.59. The van der Waals surface area contributed by atoms with Crippen LogP contribution in [0.15, 0.2) is 59.0 Å². The zero-order valence-electron chi connectivity index (χ0n) is 10.0. The molecule has 0 aliphatic carbocycles. The third kappa shape index (κ3) is 1.75. The minimum absolute atomic E-state index is 0.840. The zero-order chi connectivity index (χ0) is 12.5. The van der Waals surface area contributed by atoms with Gasteiger partial charge in [0, 0.05) is 16.5 Å². The quantitative estimate of drug-likeness (QED) is 0.556. The van der Waals surface area contributed by atoms with Gasteiger partial charge in [-0.25, -0.2) is 0 Å². The van der Waals surface area contributed by atoms with Crippen molar-refractivity contribution < 1.29 is 4.42 Å². The van der Waals surface area contributed by atoms with Crippen molar-refractivity contribution in [2.75, 3.05) is 0 Å². The van der Waals surface area contributed by atoms with E-state index in [0.29, 0.717) is 0 Å². The lowest BCUT2D eigenvalue weighted by atomic mass is 10.1. The number of hydrogen-bond acceptors (Lipinski definition) is 2. The smallest absolute Gasteiger partial charge is 0.139 e. The molecule has 3 rings (SSSR count). The maximum atomic E-state index is 5.99. The monoisotopic (exact) mass is 252 g/mol. The van der Waals surface area contributed by atoms with Crippen molar-refractivity contribution >= 4 is 23.2 Å². The molecule has 0 unspecified atom stereocenters. The third-order valence-electron chi connectivity index (χ3n) is 3.06. The second kappa shape index (κ2) is 4.39. The first kappa shape index (κ1) is 11.2. The summed E-state index contributed by atoms with van der Waals surface area (Å²) in [7, 11) is 0. The van der Waals surface area contributed by atoms with Crippen LogP contribution in [0.25, 0.3) is 22.3 Å². The van der Waals surface area contributed by atoms with E-state index in [0.717, 1.165) is 32.4 Å². The highest BCUT2D eigenvalue weighted by molar-refractivity contribution is 7.71. The Labute approximate surface area is 111 Å². The molecule has 0 aliphatic rings. The maximum absolute atomic E-state index is 5.99. The van der Waals surface area contributed by atoms with E-state index in [-0.39, 0.29) is 0 Å². The lowest BCUT2D eigenvalue weighted by Crippen LogP contribution is -1.86. The van der Waals surface area contributed by atoms with Gasteiger partial charge in [-0.15, -0.1) is 0 Å². The van der Waals surface area contributed by atoms with Crippen molar-refractivity contribution in [1.29, 1.82) is 0 Å². The van der Waals surface area contributed by atoms with Gasteiger partial charge in [0.25, 0.3) is 0 Å². The Morgan fingerprint density at radius 1 is 0.889 bits per heavy atom. The molecule has 88 valence electrons. The van der Waals surface area contributed by atoms with Crippen molar-refractivity contribution in [3.8, 4) is 11.3 Å². The minimum atomic E-state index is 0.840. The molecule has 0 amide bonds. The van der Waals surface area contributed by atoms with Crippen LogP contribution in [0.3, 0.4) is 0 Å². The zero-order valence-corrected chi connectivity index (χ0v) is 10.8. The fraction of sp³-hybridized carbons (Fsp3) is 0.0625. The Hall–Kier alpha value is -1.93. The molecule has 0 atom stereocenters. The molecule has 0 N–H and O–H groups in total. The van der Waals surface area contributed by atoms with Crippen molar-refractivity contribution in [2.45, 2.75) is 6.92 Å². The fourth-order valence-electron chi connectivity index (χ4n) is 2.10. The van der Waals surface area contributed by atoms with Gasteiger partial charge in [-0.1, -0.05) is 54.7 Å². The van der Waals surface area contributed by atoms with Gasteiger partial charge in [0.2, 0.25) is 0 Å². The molecule has 3 aromatic rings. The van der Waals surface area contributed by atoms with Gasteiger partial charge in [0.05, 0.1) is 4.51 Å². The highest BCUT2D eigenvalue weighted by atomic mass is 32.1. The van der Waals surface area contributed by atoms with Gasteiger partial charge in [-0.3, -0.25) is 0 Å². The molecule has 1 nitrogen and oxygen atoms in total. The summed E-state index contributed by atoms with van der Waals surface area (Å²) in [5.74, 6) is 0.860. The molecule has 0 bridgehead atoms. The van der Waals surface area contributed by atoms with Crippen LogP contribution in [0.5, 0.6) is 0 Å². The Morgan fingerprint density at radius 2 is 1.56 bits per heavy atom. The van der Waals surface area contributed by atoms with Gasteiger partial charge in [0.1, 0.15) is 11.3 Å². The Morgan fingerprint density at radius 3 is 2.33 bits per heavy atom. The van der Waals surface area contributed by atoms with Crippen LogP contribution in [-0.4, -0.2) is 0 Å². The first-order valence-corrected chi connectivity index (χ1v) is 6.26. The standard InChI is InChI=1S/C16H12OS/c1-11-15(12-7-3-2-4-8-12)17-14-10-6-5-9-13(14)16(11)18/h2-10H,1H3. The van der Waals surface area contributed by atoms with Gasteiger partial charge in [0.15, 0.2) is 0 Å². The highest BCUT2D eigenvalue weighted by Gasteiger charge is 2.09. The maximum Gasteiger partial charge on any atom is 0.139 e. The van der Waals surface area contributed by atoms with Gasteiger partial charge in [-0.2, -0.15) is 0 Å². The van der Waals surface area contributed by atoms with Crippen molar-refractivity contribution in [1.82, 2.24) is 0 Å². The van der Waals surface area contributed by atoms with Crippen molar-refractivity contribution in [3.05, 3.63) is 64.7 Å². The van der Waals surface area contributed by atoms with Crippen LogP contribution in [0.1, 0.15) is 5.56 Å². The lowest BCUT2D eigenvalue weighted by Gasteiger charge is -2.07. The van der Waals surface area contributed by atoms with E-state index in [2.05, 4.69) is 0 Å².